The number of amides is 1. The van der Waals surface area contributed by atoms with Gasteiger partial charge in [-0.25, -0.2) is 13.1 Å². The van der Waals surface area contributed by atoms with Gasteiger partial charge in [-0.3, -0.25) is 4.79 Å². The van der Waals surface area contributed by atoms with E-state index in [0.29, 0.717) is 19.4 Å². The van der Waals surface area contributed by atoms with Crippen LogP contribution >= 0.6 is 0 Å². The summed E-state index contributed by atoms with van der Waals surface area (Å²) in [6.45, 7) is 0.424. The van der Waals surface area contributed by atoms with Gasteiger partial charge in [0.05, 0.1) is 0 Å². The number of aliphatic hydroxyl groups is 1. The molecule has 114 valence electrons. The third kappa shape index (κ3) is 4.32. The van der Waals surface area contributed by atoms with Crippen molar-refractivity contribution in [2.24, 2.45) is 7.05 Å². The zero-order chi connectivity index (χ0) is 15.2. The highest BCUT2D eigenvalue weighted by Crippen LogP contribution is 2.13. The number of carbonyl (C=O) groups excluding carboxylic acids is 1. The Morgan fingerprint density at radius 3 is 2.65 bits per heavy atom. The van der Waals surface area contributed by atoms with E-state index >= 15 is 0 Å². The van der Waals surface area contributed by atoms with E-state index in [0.717, 1.165) is 6.42 Å². The molecule has 0 aliphatic rings. The largest absolute Gasteiger partial charge is 0.396 e. The molecule has 0 atom stereocenters. The van der Waals surface area contributed by atoms with Crippen LogP contribution in [0.25, 0.3) is 0 Å². The van der Waals surface area contributed by atoms with Gasteiger partial charge in [0.25, 0.3) is 5.91 Å². The minimum Gasteiger partial charge on any atom is -0.396 e. The first kappa shape index (κ1) is 16.7. The molecule has 1 rings (SSSR count). The Bertz CT molecular complexity index is 551. The smallest absolute Gasteiger partial charge is 0.267 e. The van der Waals surface area contributed by atoms with Crippen molar-refractivity contribution in [1.82, 2.24) is 14.6 Å². The van der Waals surface area contributed by atoms with Gasteiger partial charge < -0.3 is 15.0 Å². The van der Waals surface area contributed by atoms with E-state index in [1.165, 1.54) is 23.9 Å². The van der Waals surface area contributed by atoms with Crippen LogP contribution in [0.5, 0.6) is 0 Å². The fourth-order valence-corrected chi connectivity index (χ4v) is 2.88. The molecule has 7 nitrogen and oxygen atoms in total. The topological polar surface area (TPSA) is 100 Å². The molecule has 0 saturated carbocycles. The van der Waals surface area contributed by atoms with Gasteiger partial charge in [-0.1, -0.05) is 0 Å². The Kier molecular flexibility index (Phi) is 6.18. The summed E-state index contributed by atoms with van der Waals surface area (Å²) in [7, 11) is -0.499. The van der Waals surface area contributed by atoms with Gasteiger partial charge >= 0.3 is 0 Å². The summed E-state index contributed by atoms with van der Waals surface area (Å²) in [5, 5.41) is 11.1. The molecule has 1 aromatic heterocycles. The van der Waals surface area contributed by atoms with Crippen molar-refractivity contribution in [3.8, 4) is 0 Å². The fraction of sp³-hybridized carbons (Fsp3) is 0.583. The van der Waals surface area contributed by atoms with Crippen LogP contribution in [0.4, 0.5) is 0 Å². The third-order valence-corrected chi connectivity index (χ3v) is 4.30. The van der Waals surface area contributed by atoms with Crippen molar-refractivity contribution in [2.45, 2.75) is 24.2 Å². The molecule has 0 bridgehead atoms. The average Bonchev–Trinajstić information content (AvgIpc) is 2.80. The zero-order valence-electron chi connectivity index (χ0n) is 11.7. The number of sulfonamides is 1. The molecule has 20 heavy (non-hydrogen) atoms. The Morgan fingerprint density at radius 2 is 2.05 bits per heavy atom. The number of nitrogens with one attached hydrogen (secondary N) is 2. The second kappa shape index (κ2) is 7.41. The number of aliphatic hydroxyl groups excluding tert-OH is 1. The second-order valence-corrected chi connectivity index (χ2v) is 6.20. The predicted molar refractivity (Wildman–Crippen MR) is 74.9 cm³/mol. The van der Waals surface area contributed by atoms with E-state index in [1.54, 1.807) is 7.05 Å². The molecule has 0 saturated heterocycles. The zero-order valence-corrected chi connectivity index (χ0v) is 12.5. The summed E-state index contributed by atoms with van der Waals surface area (Å²) >= 11 is 0. The fourth-order valence-electron chi connectivity index (χ4n) is 1.74. The molecule has 0 aromatic carbocycles. The number of hydrogen-bond donors (Lipinski definition) is 3. The van der Waals surface area contributed by atoms with E-state index in [1.807, 2.05) is 0 Å². The SMILES string of the molecule is CNC(=O)c1cc(S(=O)(=O)NCCCCCO)cn1C. The van der Waals surface area contributed by atoms with Gasteiger partial charge in [-0.2, -0.15) is 0 Å². The highest BCUT2D eigenvalue weighted by Gasteiger charge is 2.19. The molecule has 8 heteroatoms. The minimum absolute atomic E-state index is 0.0701. The number of carbonyl (C=O) groups is 1. The third-order valence-electron chi connectivity index (χ3n) is 2.88. The molecule has 0 fully saturated rings. The number of unbranched alkanes of at least 4 members (excludes halogenated alkanes) is 2. The molecule has 0 aliphatic heterocycles. The van der Waals surface area contributed by atoms with Crippen LogP contribution in [-0.4, -0.2) is 44.2 Å². The molecule has 3 N–H and O–H groups in total. The van der Waals surface area contributed by atoms with E-state index in [4.69, 9.17) is 5.11 Å². The maximum absolute atomic E-state index is 12.0. The Labute approximate surface area is 119 Å². The highest BCUT2D eigenvalue weighted by atomic mass is 32.2. The van der Waals surface area contributed by atoms with Gasteiger partial charge in [-0.15, -0.1) is 0 Å². The van der Waals surface area contributed by atoms with Crippen molar-refractivity contribution >= 4 is 15.9 Å². The maximum atomic E-state index is 12.0. The Balaban J connectivity index is 2.71. The summed E-state index contributed by atoms with van der Waals surface area (Å²) in [4.78, 5) is 11.6. The minimum atomic E-state index is -3.60. The van der Waals surface area contributed by atoms with Crippen LogP contribution in [0.2, 0.25) is 0 Å². The summed E-state index contributed by atoms with van der Waals surface area (Å²) in [5.41, 5.74) is 0.285. The molecular weight excluding hydrogens is 282 g/mol. The molecule has 0 spiro atoms. The molecule has 0 unspecified atom stereocenters. The van der Waals surface area contributed by atoms with E-state index in [9.17, 15) is 13.2 Å². The van der Waals surface area contributed by atoms with Crippen LogP contribution in [0.1, 0.15) is 29.8 Å². The van der Waals surface area contributed by atoms with Gasteiger partial charge in [0.2, 0.25) is 10.0 Å². The molecule has 0 aliphatic carbocycles. The van der Waals surface area contributed by atoms with E-state index in [2.05, 4.69) is 10.0 Å². The average molecular weight is 303 g/mol. The molecule has 0 radical (unpaired) electrons. The lowest BCUT2D eigenvalue weighted by atomic mass is 10.2. The highest BCUT2D eigenvalue weighted by molar-refractivity contribution is 7.89. The van der Waals surface area contributed by atoms with Gasteiger partial charge in [0.15, 0.2) is 0 Å². The normalized spacial score (nSPS) is 11.6. The first-order chi connectivity index (χ1) is 9.42. The summed E-state index contributed by atoms with van der Waals surface area (Å²) in [6, 6.07) is 1.34. The lowest BCUT2D eigenvalue weighted by molar-refractivity contribution is 0.0955. The lowest BCUT2D eigenvalue weighted by Gasteiger charge is -2.04. The standard InChI is InChI=1S/C12H21N3O4S/c1-13-12(17)11-8-10(9-15(11)2)20(18,19)14-6-4-3-5-7-16/h8-9,14,16H,3-7H2,1-2H3,(H,13,17). The van der Waals surface area contributed by atoms with Crippen LogP contribution in [0, 0.1) is 0 Å². The van der Waals surface area contributed by atoms with Crippen LogP contribution in [0.3, 0.4) is 0 Å². The van der Waals surface area contributed by atoms with Gasteiger partial charge in [0, 0.05) is 33.4 Å². The molecule has 1 heterocycles. The van der Waals surface area contributed by atoms with Crippen molar-refractivity contribution in [3.05, 3.63) is 18.0 Å². The van der Waals surface area contributed by atoms with Crippen molar-refractivity contribution in [1.29, 1.82) is 0 Å². The van der Waals surface area contributed by atoms with Gasteiger partial charge in [0.1, 0.15) is 10.6 Å². The Hall–Kier alpha value is -1.38. The molecular formula is C12H21N3O4S. The van der Waals surface area contributed by atoms with Crippen LogP contribution in [0.15, 0.2) is 17.2 Å². The van der Waals surface area contributed by atoms with Crippen molar-refractivity contribution in [3.63, 3.8) is 0 Å². The quantitative estimate of drug-likeness (QED) is 0.580. The first-order valence-corrected chi connectivity index (χ1v) is 7.89. The second-order valence-electron chi connectivity index (χ2n) is 4.43. The first-order valence-electron chi connectivity index (χ1n) is 6.41. The summed E-state index contributed by atoms with van der Waals surface area (Å²) in [6.07, 6.45) is 3.49. The number of aromatic nitrogens is 1. The van der Waals surface area contributed by atoms with Crippen molar-refractivity contribution < 1.29 is 18.3 Å². The lowest BCUT2D eigenvalue weighted by Crippen LogP contribution is -2.24. The maximum Gasteiger partial charge on any atom is 0.267 e. The number of aryl methyl sites for hydroxylation is 1. The number of rotatable bonds is 8. The summed E-state index contributed by atoms with van der Waals surface area (Å²) in [5.74, 6) is -0.336. The number of nitrogens with zero attached hydrogens (tertiary/aromatic N) is 1. The monoisotopic (exact) mass is 303 g/mol. The van der Waals surface area contributed by atoms with Gasteiger partial charge in [-0.05, 0) is 25.3 Å². The van der Waals surface area contributed by atoms with Crippen LogP contribution in [-0.2, 0) is 17.1 Å². The molecule has 1 aromatic rings. The number of hydrogen-bond acceptors (Lipinski definition) is 4. The van der Waals surface area contributed by atoms with E-state index in [-0.39, 0.29) is 23.1 Å². The molecule has 1 amide bonds. The summed E-state index contributed by atoms with van der Waals surface area (Å²) < 4.78 is 28.0. The Morgan fingerprint density at radius 1 is 1.35 bits per heavy atom. The van der Waals surface area contributed by atoms with Crippen molar-refractivity contribution in [2.75, 3.05) is 20.2 Å². The van der Waals surface area contributed by atoms with Crippen LogP contribution < -0.4 is 10.0 Å². The van der Waals surface area contributed by atoms with E-state index < -0.39 is 10.0 Å². The predicted octanol–water partition coefficient (Wildman–Crippen LogP) is -0.174.